The van der Waals surface area contributed by atoms with Gasteiger partial charge in [0.05, 0.1) is 38.1 Å². The first-order valence-corrected chi connectivity index (χ1v) is 7.94. The first-order chi connectivity index (χ1) is 12.5. The van der Waals surface area contributed by atoms with Crippen molar-refractivity contribution in [2.24, 2.45) is 0 Å². The van der Waals surface area contributed by atoms with Gasteiger partial charge < -0.3 is 19.3 Å². The van der Waals surface area contributed by atoms with Crippen LogP contribution in [0.25, 0.3) is 22.2 Å². The molecule has 2 aromatic carbocycles. The van der Waals surface area contributed by atoms with Gasteiger partial charge in [-0.25, -0.2) is 9.78 Å². The molecule has 0 saturated carbocycles. The predicted molar refractivity (Wildman–Crippen MR) is 98.5 cm³/mol. The Bertz CT molecular complexity index is 972. The third-order valence-corrected chi connectivity index (χ3v) is 4.23. The molecule has 0 atom stereocenters. The summed E-state index contributed by atoms with van der Waals surface area (Å²) in [5, 5.41) is 10.2. The van der Waals surface area contributed by atoms with Crippen LogP contribution in [0.4, 0.5) is 0 Å². The average Bonchev–Trinajstić information content (AvgIpc) is 2.66. The van der Waals surface area contributed by atoms with E-state index in [1.165, 1.54) is 21.3 Å². The van der Waals surface area contributed by atoms with E-state index in [-0.39, 0.29) is 5.56 Å². The fourth-order valence-electron chi connectivity index (χ4n) is 2.95. The maximum Gasteiger partial charge on any atom is 0.336 e. The minimum Gasteiger partial charge on any atom is -0.493 e. The molecule has 0 fully saturated rings. The van der Waals surface area contributed by atoms with Gasteiger partial charge in [-0.1, -0.05) is 18.2 Å². The summed E-state index contributed by atoms with van der Waals surface area (Å²) < 4.78 is 16.1. The van der Waals surface area contributed by atoms with Gasteiger partial charge in [-0.05, 0) is 30.7 Å². The van der Waals surface area contributed by atoms with Crippen LogP contribution in [-0.2, 0) is 0 Å². The Morgan fingerprint density at radius 2 is 1.65 bits per heavy atom. The van der Waals surface area contributed by atoms with Crippen molar-refractivity contribution in [3.05, 3.63) is 47.5 Å². The molecule has 134 valence electrons. The summed E-state index contributed by atoms with van der Waals surface area (Å²) in [4.78, 5) is 16.4. The minimum absolute atomic E-state index is 0.197. The highest BCUT2D eigenvalue weighted by Gasteiger charge is 2.18. The maximum absolute atomic E-state index is 11.8. The molecule has 0 aliphatic carbocycles. The largest absolute Gasteiger partial charge is 0.493 e. The van der Waals surface area contributed by atoms with Gasteiger partial charge in [0.1, 0.15) is 0 Å². The molecule has 0 amide bonds. The van der Waals surface area contributed by atoms with Crippen LogP contribution in [0, 0.1) is 6.92 Å². The number of nitrogens with zero attached hydrogens (tertiary/aromatic N) is 1. The number of aromatic nitrogens is 1. The molecule has 0 radical (unpaired) electrons. The molecule has 1 N–H and O–H groups in total. The lowest BCUT2D eigenvalue weighted by Crippen LogP contribution is -2.02. The molecule has 6 nitrogen and oxygen atoms in total. The smallest absolute Gasteiger partial charge is 0.336 e. The number of pyridine rings is 1. The van der Waals surface area contributed by atoms with Gasteiger partial charge in [0.25, 0.3) is 0 Å². The fourth-order valence-corrected chi connectivity index (χ4v) is 2.95. The highest BCUT2D eigenvalue weighted by atomic mass is 16.5. The molecule has 0 spiro atoms. The number of aryl methyl sites for hydroxylation is 1. The van der Waals surface area contributed by atoms with E-state index >= 15 is 0 Å². The van der Waals surface area contributed by atoms with E-state index in [1.54, 1.807) is 24.3 Å². The number of hydrogen-bond acceptors (Lipinski definition) is 5. The number of rotatable bonds is 5. The van der Waals surface area contributed by atoms with E-state index in [0.29, 0.717) is 39.4 Å². The zero-order chi connectivity index (χ0) is 18.8. The van der Waals surface area contributed by atoms with E-state index in [0.717, 1.165) is 5.56 Å². The van der Waals surface area contributed by atoms with Gasteiger partial charge in [-0.2, -0.15) is 0 Å². The summed E-state index contributed by atoms with van der Waals surface area (Å²) in [6.45, 7) is 1.90. The molecule has 1 heterocycles. The highest BCUT2D eigenvalue weighted by Crippen LogP contribution is 2.41. The molecule has 0 unspecified atom stereocenters. The number of carboxylic acid groups (broad SMARTS) is 1. The lowest BCUT2D eigenvalue weighted by atomic mass is 10.0. The second-order valence-electron chi connectivity index (χ2n) is 5.75. The second kappa shape index (κ2) is 6.92. The predicted octanol–water partition coefficient (Wildman–Crippen LogP) is 3.93. The van der Waals surface area contributed by atoms with E-state index in [1.807, 2.05) is 19.1 Å². The topological polar surface area (TPSA) is 77.9 Å². The van der Waals surface area contributed by atoms with Crippen molar-refractivity contribution >= 4 is 16.9 Å². The Morgan fingerprint density at radius 3 is 2.19 bits per heavy atom. The van der Waals surface area contributed by atoms with Gasteiger partial charge in [-0.15, -0.1) is 0 Å². The first-order valence-electron chi connectivity index (χ1n) is 7.94. The number of carbonyl (C=O) groups is 1. The van der Waals surface area contributed by atoms with E-state index in [4.69, 9.17) is 14.2 Å². The standard InChI is InChI=1S/C20H19NO5/c1-11-6-5-7-13-14(20(22)23)10-15(21-18(11)13)12-8-16(24-2)19(26-4)17(9-12)25-3/h5-10H,1-4H3,(H,22,23). The Labute approximate surface area is 151 Å². The highest BCUT2D eigenvalue weighted by molar-refractivity contribution is 6.04. The van der Waals surface area contributed by atoms with Crippen molar-refractivity contribution in [3.8, 4) is 28.5 Å². The molecule has 0 aliphatic rings. The maximum atomic E-state index is 11.8. The minimum atomic E-state index is -1.00. The number of benzene rings is 2. The van der Waals surface area contributed by atoms with Crippen LogP contribution in [0.3, 0.4) is 0 Å². The van der Waals surface area contributed by atoms with E-state index in [9.17, 15) is 9.90 Å². The van der Waals surface area contributed by atoms with Gasteiger partial charge in [-0.3, -0.25) is 0 Å². The van der Waals surface area contributed by atoms with Crippen LogP contribution in [0.5, 0.6) is 17.2 Å². The zero-order valence-corrected chi connectivity index (χ0v) is 15.0. The van der Waals surface area contributed by atoms with Crippen LogP contribution in [0.2, 0.25) is 0 Å². The van der Waals surface area contributed by atoms with Gasteiger partial charge in [0, 0.05) is 10.9 Å². The molecular formula is C20H19NO5. The van der Waals surface area contributed by atoms with Gasteiger partial charge in [0.2, 0.25) is 5.75 Å². The quantitative estimate of drug-likeness (QED) is 0.749. The van der Waals surface area contributed by atoms with Gasteiger partial charge >= 0.3 is 5.97 Å². The Kier molecular flexibility index (Phi) is 4.67. The third-order valence-electron chi connectivity index (χ3n) is 4.23. The van der Waals surface area contributed by atoms with Crippen LogP contribution >= 0.6 is 0 Å². The molecule has 1 aromatic heterocycles. The zero-order valence-electron chi connectivity index (χ0n) is 15.0. The van der Waals surface area contributed by atoms with Crippen molar-refractivity contribution in [2.75, 3.05) is 21.3 Å². The molecule has 3 rings (SSSR count). The third kappa shape index (κ3) is 2.90. The van der Waals surface area contributed by atoms with Gasteiger partial charge in [0.15, 0.2) is 11.5 Å². The molecule has 3 aromatic rings. The summed E-state index contributed by atoms with van der Waals surface area (Å²) in [6, 6.07) is 10.5. The Morgan fingerprint density at radius 1 is 1.00 bits per heavy atom. The molecule has 0 bridgehead atoms. The number of para-hydroxylation sites is 1. The molecule has 0 aliphatic heterocycles. The average molecular weight is 353 g/mol. The van der Waals surface area contributed by atoms with E-state index < -0.39 is 5.97 Å². The SMILES string of the molecule is COc1cc(-c2cc(C(=O)O)c3cccc(C)c3n2)cc(OC)c1OC. The van der Waals surface area contributed by atoms with E-state index in [2.05, 4.69) is 4.98 Å². The van der Waals surface area contributed by atoms with Crippen molar-refractivity contribution in [3.63, 3.8) is 0 Å². The molecular weight excluding hydrogens is 334 g/mol. The lowest BCUT2D eigenvalue weighted by Gasteiger charge is -2.15. The number of hydrogen-bond donors (Lipinski definition) is 1. The summed E-state index contributed by atoms with van der Waals surface area (Å²) in [6.07, 6.45) is 0. The number of carboxylic acids is 1. The monoisotopic (exact) mass is 353 g/mol. The Hall–Kier alpha value is -3.28. The summed E-state index contributed by atoms with van der Waals surface area (Å²) in [5.74, 6) is 0.418. The Balaban J connectivity index is 2.32. The first kappa shape index (κ1) is 17.5. The summed E-state index contributed by atoms with van der Waals surface area (Å²) >= 11 is 0. The van der Waals surface area contributed by atoms with Crippen molar-refractivity contribution in [1.82, 2.24) is 4.98 Å². The number of ether oxygens (including phenoxy) is 3. The van der Waals surface area contributed by atoms with Crippen molar-refractivity contribution in [2.45, 2.75) is 6.92 Å². The number of aromatic carboxylic acids is 1. The summed E-state index contributed by atoms with van der Waals surface area (Å²) in [7, 11) is 4.59. The fraction of sp³-hybridized carbons (Fsp3) is 0.200. The lowest BCUT2D eigenvalue weighted by molar-refractivity contribution is 0.0699. The number of fused-ring (bicyclic) bond motifs is 1. The van der Waals surface area contributed by atoms with Crippen molar-refractivity contribution < 1.29 is 24.1 Å². The number of methoxy groups -OCH3 is 3. The normalized spacial score (nSPS) is 10.6. The van der Waals surface area contributed by atoms with Crippen LogP contribution in [0.15, 0.2) is 36.4 Å². The molecule has 6 heteroatoms. The van der Waals surface area contributed by atoms with Crippen LogP contribution < -0.4 is 14.2 Å². The van der Waals surface area contributed by atoms with Crippen molar-refractivity contribution in [1.29, 1.82) is 0 Å². The summed E-state index contributed by atoms with van der Waals surface area (Å²) in [5.41, 5.74) is 2.94. The molecule has 0 saturated heterocycles. The van der Waals surface area contributed by atoms with Crippen LogP contribution in [0.1, 0.15) is 15.9 Å². The van der Waals surface area contributed by atoms with Crippen LogP contribution in [-0.4, -0.2) is 37.4 Å². The second-order valence-corrected chi connectivity index (χ2v) is 5.75. The molecule has 26 heavy (non-hydrogen) atoms.